The minimum Gasteiger partial charge on any atom is -0.478 e. The van der Waals surface area contributed by atoms with Crippen LogP contribution in [0.1, 0.15) is 15.9 Å². The van der Waals surface area contributed by atoms with E-state index in [4.69, 9.17) is 11.6 Å². The maximum absolute atomic E-state index is 11.4. The number of aryl methyl sites for hydroxylation is 1. The monoisotopic (exact) mass is 364 g/mol. The smallest absolute Gasteiger partial charge is 0.337 e. The molecule has 1 N–H and O–H groups in total. The van der Waals surface area contributed by atoms with Crippen LogP contribution >= 0.6 is 27.5 Å². The van der Waals surface area contributed by atoms with Gasteiger partial charge >= 0.3 is 5.97 Å². The molecular weight excluding hydrogens is 356 g/mol. The lowest BCUT2D eigenvalue weighted by Gasteiger charge is -2.10. The highest BCUT2D eigenvalue weighted by molar-refractivity contribution is 9.10. The van der Waals surface area contributed by atoms with Crippen LogP contribution in [0, 0.1) is 6.92 Å². The fourth-order valence-corrected chi connectivity index (χ4v) is 3.05. The molecule has 106 valence electrons. The molecule has 6 heteroatoms. The summed E-state index contributed by atoms with van der Waals surface area (Å²) >= 11 is 9.68. The standard InChI is InChI=1S/C15H10BrClN2O2/c1-8-5-10(16)13(6-11(8)17)19-7-18-12-4-2-3-9(14(12)19)15(20)21/h2-7H,1H3,(H,20,21). The summed E-state index contributed by atoms with van der Waals surface area (Å²) in [6.07, 6.45) is 1.60. The third-order valence-corrected chi connectivity index (χ3v) is 4.33. The fraction of sp³-hybridized carbons (Fsp3) is 0.0667. The van der Waals surface area contributed by atoms with E-state index >= 15 is 0 Å². The summed E-state index contributed by atoms with van der Waals surface area (Å²) in [7, 11) is 0. The Kier molecular flexibility index (Phi) is 3.47. The fourth-order valence-electron chi connectivity index (χ4n) is 2.24. The van der Waals surface area contributed by atoms with E-state index in [1.165, 1.54) is 0 Å². The topological polar surface area (TPSA) is 55.1 Å². The average molecular weight is 366 g/mol. The molecule has 0 bridgehead atoms. The van der Waals surface area contributed by atoms with Crippen LogP contribution in [0.5, 0.6) is 0 Å². The van der Waals surface area contributed by atoms with Crippen molar-refractivity contribution in [2.45, 2.75) is 6.92 Å². The van der Waals surface area contributed by atoms with Gasteiger partial charge in [-0.15, -0.1) is 0 Å². The highest BCUT2D eigenvalue weighted by Crippen LogP contribution is 2.31. The third-order valence-electron chi connectivity index (χ3n) is 3.29. The van der Waals surface area contributed by atoms with E-state index in [1.807, 2.05) is 13.0 Å². The number of hydrogen-bond acceptors (Lipinski definition) is 2. The third kappa shape index (κ3) is 2.32. The summed E-state index contributed by atoms with van der Waals surface area (Å²) in [5.41, 5.74) is 3.06. The molecule has 1 aromatic heterocycles. The molecule has 0 aliphatic rings. The molecule has 3 aromatic rings. The van der Waals surface area contributed by atoms with E-state index in [0.29, 0.717) is 16.1 Å². The van der Waals surface area contributed by atoms with Crippen LogP contribution in [-0.2, 0) is 0 Å². The Hall–Kier alpha value is -1.85. The molecule has 0 aliphatic heterocycles. The Morgan fingerprint density at radius 3 is 2.86 bits per heavy atom. The highest BCUT2D eigenvalue weighted by atomic mass is 79.9. The van der Waals surface area contributed by atoms with Crippen molar-refractivity contribution >= 4 is 44.5 Å². The van der Waals surface area contributed by atoms with Crippen molar-refractivity contribution in [2.75, 3.05) is 0 Å². The number of carboxylic acids is 1. The van der Waals surface area contributed by atoms with E-state index in [-0.39, 0.29) is 5.56 Å². The maximum atomic E-state index is 11.4. The molecule has 21 heavy (non-hydrogen) atoms. The van der Waals surface area contributed by atoms with Crippen LogP contribution in [0.15, 0.2) is 41.1 Å². The number of imidazole rings is 1. The van der Waals surface area contributed by atoms with Gasteiger partial charge in [0.25, 0.3) is 0 Å². The number of para-hydroxylation sites is 1. The molecule has 0 amide bonds. The Labute approximate surface area is 134 Å². The Bertz CT molecular complexity index is 873. The molecule has 3 rings (SSSR count). The number of aromatic nitrogens is 2. The van der Waals surface area contributed by atoms with Gasteiger partial charge in [-0.25, -0.2) is 9.78 Å². The summed E-state index contributed by atoms with van der Waals surface area (Å²) in [6.45, 7) is 1.91. The lowest BCUT2D eigenvalue weighted by molar-refractivity contribution is 0.0698. The number of hydrogen-bond donors (Lipinski definition) is 1. The molecule has 0 fully saturated rings. The van der Waals surface area contributed by atoms with Gasteiger partial charge in [0, 0.05) is 9.50 Å². The molecule has 0 saturated heterocycles. The summed E-state index contributed by atoms with van der Waals surface area (Å²) in [5.74, 6) is -0.989. The van der Waals surface area contributed by atoms with Crippen LogP contribution in [0.2, 0.25) is 5.02 Å². The molecule has 0 spiro atoms. The van der Waals surface area contributed by atoms with Crippen molar-refractivity contribution in [2.24, 2.45) is 0 Å². The molecule has 0 unspecified atom stereocenters. The van der Waals surface area contributed by atoms with Gasteiger partial charge in [-0.05, 0) is 52.7 Å². The second kappa shape index (κ2) is 5.16. The van der Waals surface area contributed by atoms with Gasteiger partial charge in [-0.2, -0.15) is 0 Å². The zero-order chi connectivity index (χ0) is 15.1. The Morgan fingerprint density at radius 2 is 2.14 bits per heavy atom. The zero-order valence-electron chi connectivity index (χ0n) is 11.0. The Balaban J connectivity index is 2.36. The van der Waals surface area contributed by atoms with Gasteiger partial charge in [-0.1, -0.05) is 17.7 Å². The first-order chi connectivity index (χ1) is 9.99. The molecule has 0 aliphatic carbocycles. The number of fused-ring (bicyclic) bond motifs is 1. The van der Waals surface area contributed by atoms with E-state index in [1.54, 1.807) is 35.2 Å². The number of aromatic carboxylic acids is 1. The second-order valence-electron chi connectivity index (χ2n) is 4.65. The van der Waals surface area contributed by atoms with Crippen molar-refractivity contribution < 1.29 is 9.90 Å². The first kappa shape index (κ1) is 14.1. The van der Waals surface area contributed by atoms with Crippen LogP contribution < -0.4 is 0 Å². The highest BCUT2D eigenvalue weighted by Gasteiger charge is 2.16. The van der Waals surface area contributed by atoms with Crippen LogP contribution in [0.3, 0.4) is 0 Å². The number of carbonyl (C=O) groups is 1. The van der Waals surface area contributed by atoms with Crippen LogP contribution in [-0.4, -0.2) is 20.6 Å². The summed E-state index contributed by atoms with van der Waals surface area (Å²) in [6, 6.07) is 8.71. The minimum atomic E-state index is -0.989. The first-order valence-corrected chi connectivity index (χ1v) is 7.31. The molecule has 4 nitrogen and oxygen atoms in total. The summed E-state index contributed by atoms with van der Waals surface area (Å²) in [4.78, 5) is 15.7. The molecule has 2 aromatic carbocycles. The first-order valence-electron chi connectivity index (χ1n) is 6.14. The van der Waals surface area contributed by atoms with Gasteiger partial charge in [0.1, 0.15) is 6.33 Å². The van der Waals surface area contributed by atoms with Crippen LogP contribution in [0.25, 0.3) is 16.7 Å². The van der Waals surface area contributed by atoms with Crippen molar-refractivity contribution in [1.29, 1.82) is 0 Å². The molecule has 0 radical (unpaired) electrons. The number of nitrogens with zero attached hydrogens (tertiary/aromatic N) is 2. The minimum absolute atomic E-state index is 0.202. The summed E-state index contributed by atoms with van der Waals surface area (Å²) < 4.78 is 2.55. The Morgan fingerprint density at radius 1 is 1.38 bits per heavy atom. The maximum Gasteiger partial charge on any atom is 0.337 e. The number of benzene rings is 2. The largest absolute Gasteiger partial charge is 0.478 e. The zero-order valence-corrected chi connectivity index (χ0v) is 13.3. The normalized spacial score (nSPS) is 11.0. The summed E-state index contributed by atoms with van der Waals surface area (Å²) in [5, 5.41) is 9.98. The second-order valence-corrected chi connectivity index (χ2v) is 5.91. The van der Waals surface area contributed by atoms with Crippen molar-refractivity contribution in [3.8, 4) is 5.69 Å². The van der Waals surface area contributed by atoms with E-state index < -0.39 is 5.97 Å². The van der Waals surface area contributed by atoms with Gasteiger partial charge in [-0.3, -0.25) is 4.57 Å². The lowest BCUT2D eigenvalue weighted by atomic mass is 10.1. The van der Waals surface area contributed by atoms with Gasteiger partial charge in [0.2, 0.25) is 0 Å². The quantitative estimate of drug-likeness (QED) is 0.730. The predicted octanol–water partition coefficient (Wildman–Crippen LogP) is 4.45. The molecule has 0 atom stereocenters. The van der Waals surface area contributed by atoms with Gasteiger partial charge < -0.3 is 5.11 Å². The van der Waals surface area contributed by atoms with E-state index in [0.717, 1.165) is 15.7 Å². The molecule has 1 heterocycles. The average Bonchev–Trinajstić information content (AvgIpc) is 2.86. The number of carboxylic acid groups (broad SMARTS) is 1. The van der Waals surface area contributed by atoms with Gasteiger partial charge in [0.05, 0.1) is 22.3 Å². The predicted molar refractivity (Wildman–Crippen MR) is 85.5 cm³/mol. The number of halogens is 2. The van der Waals surface area contributed by atoms with Crippen molar-refractivity contribution in [3.63, 3.8) is 0 Å². The SMILES string of the molecule is Cc1cc(Br)c(-n2cnc3cccc(C(=O)O)c32)cc1Cl. The molecular formula is C15H10BrClN2O2. The van der Waals surface area contributed by atoms with Crippen molar-refractivity contribution in [3.05, 3.63) is 57.3 Å². The molecule has 0 saturated carbocycles. The van der Waals surface area contributed by atoms with Crippen LogP contribution in [0.4, 0.5) is 0 Å². The van der Waals surface area contributed by atoms with Gasteiger partial charge in [0.15, 0.2) is 0 Å². The van der Waals surface area contributed by atoms with E-state index in [9.17, 15) is 9.90 Å². The lowest BCUT2D eigenvalue weighted by Crippen LogP contribution is -2.02. The van der Waals surface area contributed by atoms with Crippen molar-refractivity contribution in [1.82, 2.24) is 9.55 Å². The van der Waals surface area contributed by atoms with E-state index in [2.05, 4.69) is 20.9 Å². The number of rotatable bonds is 2.